The zero-order valence-electron chi connectivity index (χ0n) is 16.8. The number of hydrogen-bond donors (Lipinski definition) is 2. The summed E-state index contributed by atoms with van der Waals surface area (Å²) in [6.07, 6.45) is 3.47. The second-order valence-corrected chi connectivity index (χ2v) is 7.14. The number of aryl methyl sites for hydroxylation is 2. The van der Waals surface area contributed by atoms with Gasteiger partial charge in [-0.2, -0.15) is 10.1 Å². The lowest BCUT2D eigenvalue weighted by atomic mass is 10.2. The van der Waals surface area contributed by atoms with Crippen molar-refractivity contribution in [1.82, 2.24) is 19.7 Å². The van der Waals surface area contributed by atoms with E-state index in [1.54, 1.807) is 66.5 Å². The molecule has 0 aliphatic carbocycles. The van der Waals surface area contributed by atoms with Gasteiger partial charge in [0.05, 0.1) is 0 Å². The molecule has 0 radical (unpaired) electrons. The first-order valence-electron chi connectivity index (χ1n) is 9.44. The number of ether oxygens (including phenoxy) is 1. The highest BCUT2D eigenvalue weighted by atomic mass is 35.5. The molecule has 0 aliphatic rings. The molecule has 2 aromatic heterocycles. The Balaban J connectivity index is 1.40. The fourth-order valence-electron chi connectivity index (χ4n) is 2.79. The van der Waals surface area contributed by atoms with Crippen LogP contribution < -0.4 is 15.4 Å². The van der Waals surface area contributed by atoms with E-state index in [-0.39, 0.29) is 6.03 Å². The molecule has 0 saturated carbocycles. The van der Waals surface area contributed by atoms with Crippen LogP contribution in [-0.2, 0) is 0 Å². The zero-order valence-corrected chi connectivity index (χ0v) is 17.6. The van der Waals surface area contributed by atoms with Crippen molar-refractivity contribution in [3.8, 4) is 17.4 Å². The third-order valence-electron chi connectivity index (χ3n) is 4.30. The molecule has 31 heavy (non-hydrogen) atoms. The molecule has 0 atom stereocenters. The Morgan fingerprint density at radius 1 is 1.00 bits per heavy atom. The molecule has 0 spiro atoms. The largest absolute Gasteiger partial charge is 0.439 e. The van der Waals surface area contributed by atoms with Crippen molar-refractivity contribution >= 4 is 29.0 Å². The van der Waals surface area contributed by atoms with E-state index in [0.717, 1.165) is 5.56 Å². The number of benzene rings is 2. The minimum atomic E-state index is -0.371. The number of hydrogen-bond acceptors (Lipinski definition) is 5. The van der Waals surface area contributed by atoms with Crippen molar-refractivity contribution in [2.45, 2.75) is 13.8 Å². The third kappa shape index (κ3) is 5.18. The molecule has 9 heteroatoms. The number of carbonyl (C=O) groups is 1. The molecular formula is C22H19ClN6O2. The Hall–Kier alpha value is -3.91. The maximum atomic E-state index is 12.2. The van der Waals surface area contributed by atoms with Gasteiger partial charge in [-0.25, -0.2) is 14.5 Å². The molecule has 8 nitrogen and oxygen atoms in total. The molecule has 4 aromatic rings. The molecule has 0 fully saturated rings. The molecule has 0 unspecified atom stereocenters. The molecule has 2 aromatic carbocycles. The van der Waals surface area contributed by atoms with Gasteiger partial charge < -0.3 is 15.4 Å². The molecule has 4 rings (SSSR count). The summed E-state index contributed by atoms with van der Waals surface area (Å²) >= 11 is 6.09. The van der Waals surface area contributed by atoms with Gasteiger partial charge in [0, 0.05) is 34.9 Å². The monoisotopic (exact) mass is 434 g/mol. The van der Waals surface area contributed by atoms with Gasteiger partial charge in [-0.1, -0.05) is 17.7 Å². The number of nitrogens with one attached hydrogen (secondary N) is 2. The van der Waals surface area contributed by atoms with Crippen LogP contribution in [0.5, 0.6) is 11.6 Å². The van der Waals surface area contributed by atoms with Crippen LogP contribution in [0.3, 0.4) is 0 Å². The van der Waals surface area contributed by atoms with E-state index in [1.807, 2.05) is 19.1 Å². The van der Waals surface area contributed by atoms with Gasteiger partial charge in [-0.15, -0.1) is 0 Å². The Kier molecular flexibility index (Phi) is 5.81. The normalized spacial score (nSPS) is 10.5. The number of carbonyl (C=O) groups excluding carboxylic acids is 1. The first-order chi connectivity index (χ1) is 15.0. The average Bonchev–Trinajstić information content (AvgIpc) is 3.27. The van der Waals surface area contributed by atoms with Crippen molar-refractivity contribution in [3.05, 3.63) is 83.4 Å². The number of urea groups is 1. The number of anilines is 2. The molecule has 156 valence electrons. The van der Waals surface area contributed by atoms with Crippen molar-refractivity contribution in [1.29, 1.82) is 0 Å². The molecule has 0 saturated heterocycles. The first-order valence-corrected chi connectivity index (χ1v) is 9.82. The topological polar surface area (TPSA) is 94.0 Å². The summed E-state index contributed by atoms with van der Waals surface area (Å²) in [7, 11) is 0. The molecule has 0 aliphatic heterocycles. The average molecular weight is 435 g/mol. The summed E-state index contributed by atoms with van der Waals surface area (Å²) in [6, 6.07) is 15.4. The van der Waals surface area contributed by atoms with E-state index in [1.165, 1.54) is 0 Å². The predicted molar refractivity (Wildman–Crippen MR) is 119 cm³/mol. The molecule has 2 heterocycles. The van der Waals surface area contributed by atoms with Crippen molar-refractivity contribution in [2.75, 3.05) is 10.6 Å². The second kappa shape index (κ2) is 8.85. The summed E-state index contributed by atoms with van der Waals surface area (Å²) in [5, 5.41) is 10.3. The summed E-state index contributed by atoms with van der Waals surface area (Å²) in [4.78, 5) is 20.9. The Bertz CT molecular complexity index is 1210. The SMILES string of the molecule is Cc1nc(Oc2ccc(NC(=O)Nc3ccc(C)c(Cl)c3)cc2)cc(-n2cccn2)n1. The lowest BCUT2D eigenvalue weighted by molar-refractivity contribution is 0.262. The van der Waals surface area contributed by atoms with Gasteiger partial charge in [0.1, 0.15) is 11.6 Å². The highest BCUT2D eigenvalue weighted by molar-refractivity contribution is 6.31. The van der Waals surface area contributed by atoms with Gasteiger partial charge in [0.2, 0.25) is 5.88 Å². The van der Waals surface area contributed by atoms with E-state index >= 15 is 0 Å². The Labute approximate surface area is 183 Å². The standard InChI is InChI=1S/C22H19ClN6O2/c1-14-4-5-17(12-19(14)23)28-22(30)27-16-6-8-18(9-7-16)31-21-13-20(25-15(2)26-21)29-11-3-10-24-29/h3-13H,1-2H3,(H2,27,28,30). The number of halogens is 1. The van der Waals surface area contributed by atoms with Gasteiger partial charge >= 0.3 is 6.03 Å². The van der Waals surface area contributed by atoms with Crippen LogP contribution in [0.15, 0.2) is 67.0 Å². The van der Waals surface area contributed by atoms with Crippen LogP contribution in [-0.4, -0.2) is 25.8 Å². The minimum Gasteiger partial charge on any atom is -0.439 e. The molecule has 2 amide bonds. The number of aromatic nitrogens is 4. The Morgan fingerprint density at radius 3 is 2.45 bits per heavy atom. The zero-order chi connectivity index (χ0) is 21.8. The van der Waals surface area contributed by atoms with Crippen LogP contribution >= 0.6 is 11.6 Å². The van der Waals surface area contributed by atoms with Crippen LogP contribution in [0.25, 0.3) is 5.82 Å². The first kappa shape index (κ1) is 20.4. The van der Waals surface area contributed by atoms with E-state index in [4.69, 9.17) is 16.3 Å². The molecule has 0 bridgehead atoms. The van der Waals surface area contributed by atoms with Crippen molar-refractivity contribution < 1.29 is 9.53 Å². The quantitative estimate of drug-likeness (QED) is 0.440. The summed E-state index contributed by atoms with van der Waals surface area (Å²) in [6.45, 7) is 3.68. The van der Waals surface area contributed by atoms with E-state index in [9.17, 15) is 4.79 Å². The summed E-state index contributed by atoms with van der Waals surface area (Å²) in [5.74, 6) is 2.14. The highest BCUT2D eigenvalue weighted by Crippen LogP contribution is 2.24. The number of amides is 2. The Morgan fingerprint density at radius 2 is 1.74 bits per heavy atom. The smallest absolute Gasteiger partial charge is 0.323 e. The third-order valence-corrected chi connectivity index (χ3v) is 4.71. The maximum absolute atomic E-state index is 12.2. The fourth-order valence-corrected chi connectivity index (χ4v) is 2.97. The van der Waals surface area contributed by atoms with Crippen molar-refractivity contribution in [2.24, 2.45) is 0 Å². The van der Waals surface area contributed by atoms with Crippen LogP contribution in [0.1, 0.15) is 11.4 Å². The van der Waals surface area contributed by atoms with Crippen LogP contribution in [0.4, 0.5) is 16.2 Å². The number of nitrogens with zero attached hydrogens (tertiary/aromatic N) is 4. The molecular weight excluding hydrogens is 416 g/mol. The maximum Gasteiger partial charge on any atom is 0.323 e. The lowest BCUT2D eigenvalue weighted by Crippen LogP contribution is -2.19. The van der Waals surface area contributed by atoms with Gasteiger partial charge in [-0.3, -0.25) is 0 Å². The summed E-state index contributed by atoms with van der Waals surface area (Å²) in [5.41, 5.74) is 2.16. The van der Waals surface area contributed by atoms with Crippen molar-refractivity contribution in [3.63, 3.8) is 0 Å². The van der Waals surface area contributed by atoms with Gasteiger partial charge in [0.15, 0.2) is 5.82 Å². The van der Waals surface area contributed by atoms with Gasteiger partial charge in [0.25, 0.3) is 0 Å². The van der Waals surface area contributed by atoms with E-state index in [2.05, 4.69) is 25.7 Å². The lowest BCUT2D eigenvalue weighted by Gasteiger charge is -2.10. The van der Waals surface area contributed by atoms with Crippen LogP contribution in [0.2, 0.25) is 5.02 Å². The second-order valence-electron chi connectivity index (χ2n) is 6.73. The fraction of sp³-hybridized carbons (Fsp3) is 0.0909. The van der Waals surface area contributed by atoms with E-state index < -0.39 is 0 Å². The summed E-state index contributed by atoms with van der Waals surface area (Å²) < 4.78 is 7.48. The number of rotatable bonds is 5. The minimum absolute atomic E-state index is 0.371. The van der Waals surface area contributed by atoms with E-state index in [0.29, 0.717) is 39.7 Å². The van der Waals surface area contributed by atoms with Gasteiger partial charge in [-0.05, 0) is 61.9 Å². The predicted octanol–water partition coefficient (Wildman–Crippen LogP) is 5.37. The molecule has 2 N–H and O–H groups in total. The highest BCUT2D eigenvalue weighted by Gasteiger charge is 2.08. The van der Waals surface area contributed by atoms with Crippen LogP contribution in [0, 0.1) is 13.8 Å².